The summed E-state index contributed by atoms with van der Waals surface area (Å²) in [5.41, 5.74) is 6.64. The van der Waals surface area contributed by atoms with Gasteiger partial charge in [0.25, 0.3) is 5.91 Å². The van der Waals surface area contributed by atoms with E-state index in [1.807, 2.05) is 13.8 Å². The number of rotatable bonds is 6. The highest BCUT2D eigenvalue weighted by Crippen LogP contribution is 2.31. The van der Waals surface area contributed by atoms with Crippen molar-refractivity contribution >= 4 is 11.6 Å². The summed E-state index contributed by atoms with van der Waals surface area (Å²) < 4.78 is 10.3. The van der Waals surface area contributed by atoms with Gasteiger partial charge in [0.05, 0.1) is 25.5 Å². The Morgan fingerprint density at radius 1 is 1.26 bits per heavy atom. The first-order chi connectivity index (χ1) is 9.07. The molecule has 0 atom stereocenters. The highest BCUT2D eigenvalue weighted by atomic mass is 16.5. The predicted molar refractivity (Wildman–Crippen MR) is 75.8 cm³/mol. The van der Waals surface area contributed by atoms with Crippen molar-refractivity contribution < 1.29 is 14.3 Å². The Kier molecular flexibility index (Phi) is 5.48. The topological polar surface area (TPSA) is 73.6 Å². The number of methoxy groups -OCH3 is 2. The SMILES string of the molecule is CCC(CC)NC(=O)c1cc(OC)cc(OC)c1N. The Hall–Kier alpha value is -1.91. The van der Waals surface area contributed by atoms with Crippen molar-refractivity contribution in [1.29, 1.82) is 0 Å². The Morgan fingerprint density at radius 3 is 2.37 bits per heavy atom. The van der Waals surface area contributed by atoms with Crippen molar-refractivity contribution in [3.63, 3.8) is 0 Å². The molecule has 0 saturated heterocycles. The normalized spacial score (nSPS) is 10.4. The van der Waals surface area contributed by atoms with E-state index < -0.39 is 0 Å². The Balaban J connectivity index is 3.07. The summed E-state index contributed by atoms with van der Waals surface area (Å²) in [4.78, 5) is 12.2. The van der Waals surface area contributed by atoms with Crippen LogP contribution in [0.1, 0.15) is 37.0 Å². The molecule has 0 aromatic heterocycles. The zero-order valence-corrected chi connectivity index (χ0v) is 11.9. The van der Waals surface area contributed by atoms with Crippen molar-refractivity contribution in [3.8, 4) is 11.5 Å². The molecule has 1 amide bonds. The number of anilines is 1. The summed E-state index contributed by atoms with van der Waals surface area (Å²) in [5.74, 6) is 0.776. The van der Waals surface area contributed by atoms with E-state index in [-0.39, 0.29) is 11.9 Å². The van der Waals surface area contributed by atoms with E-state index in [0.29, 0.717) is 22.7 Å². The number of carbonyl (C=O) groups excluding carboxylic acids is 1. The van der Waals surface area contributed by atoms with E-state index in [0.717, 1.165) is 12.8 Å². The van der Waals surface area contributed by atoms with E-state index >= 15 is 0 Å². The lowest BCUT2D eigenvalue weighted by atomic mass is 10.1. The van der Waals surface area contributed by atoms with E-state index in [1.54, 1.807) is 12.1 Å². The van der Waals surface area contributed by atoms with Gasteiger partial charge in [-0.1, -0.05) is 13.8 Å². The molecular formula is C14H22N2O3. The summed E-state index contributed by atoms with van der Waals surface area (Å²) in [6, 6.07) is 3.42. The average Bonchev–Trinajstić information content (AvgIpc) is 2.44. The molecule has 1 aromatic rings. The second-order valence-corrected chi connectivity index (χ2v) is 4.28. The van der Waals surface area contributed by atoms with Crippen LogP contribution in [-0.2, 0) is 0 Å². The van der Waals surface area contributed by atoms with Gasteiger partial charge in [-0.25, -0.2) is 0 Å². The van der Waals surface area contributed by atoms with Gasteiger partial charge >= 0.3 is 0 Å². The zero-order chi connectivity index (χ0) is 14.4. The molecule has 0 heterocycles. The molecule has 0 unspecified atom stereocenters. The molecule has 3 N–H and O–H groups in total. The fraction of sp³-hybridized carbons (Fsp3) is 0.500. The van der Waals surface area contributed by atoms with Gasteiger partial charge in [-0.2, -0.15) is 0 Å². The molecule has 0 radical (unpaired) electrons. The van der Waals surface area contributed by atoms with Gasteiger partial charge in [0.1, 0.15) is 11.5 Å². The van der Waals surface area contributed by atoms with Crippen molar-refractivity contribution in [3.05, 3.63) is 17.7 Å². The summed E-state index contributed by atoms with van der Waals surface area (Å²) in [6.07, 6.45) is 1.76. The maximum atomic E-state index is 12.2. The van der Waals surface area contributed by atoms with Crippen molar-refractivity contribution in [1.82, 2.24) is 5.32 Å². The van der Waals surface area contributed by atoms with Crippen LogP contribution in [0, 0.1) is 0 Å². The van der Waals surface area contributed by atoms with Crippen LogP contribution >= 0.6 is 0 Å². The number of carbonyl (C=O) groups is 1. The average molecular weight is 266 g/mol. The third-order valence-electron chi connectivity index (χ3n) is 3.14. The molecule has 106 valence electrons. The minimum absolute atomic E-state index is 0.143. The lowest BCUT2D eigenvalue weighted by molar-refractivity contribution is 0.0935. The van der Waals surface area contributed by atoms with Gasteiger partial charge in [-0.05, 0) is 18.9 Å². The second-order valence-electron chi connectivity index (χ2n) is 4.28. The van der Waals surface area contributed by atoms with Gasteiger partial charge < -0.3 is 20.5 Å². The zero-order valence-electron chi connectivity index (χ0n) is 11.9. The highest BCUT2D eigenvalue weighted by Gasteiger charge is 2.17. The molecule has 1 rings (SSSR count). The number of ether oxygens (including phenoxy) is 2. The molecule has 0 saturated carbocycles. The van der Waals surface area contributed by atoms with Crippen molar-refractivity contribution in [2.45, 2.75) is 32.7 Å². The summed E-state index contributed by atoms with van der Waals surface area (Å²) in [5, 5.41) is 2.95. The molecule has 19 heavy (non-hydrogen) atoms. The smallest absolute Gasteiger partial charge is 0.253 e. The fourth-order valence-corrected chi connectivity index (χ4v) is 1.83. The first-order valence-electron chi connectivity index (χ1n) is 6.39. The summed E-state index contributed by atoms with van der Waals surface area (Å²) in [7, 11) is 3.04. The number of amides is 1. The van der Waals surface area contributed by atoms with Crippen LogP contribution in [0.2, 0.25) is 0 Å². The number of hydrogen-bond acceptors (Lipinski definition) is 4. The maximum Gasteiger partial charge on any atom is 0.253 e. The third-order valence-corrected chi connectivity index (χ3v) is 3.14. The van der Waals surface area contributed by atoms with Crippen LogP contribution in [0.15, 0.2) is 12.1 Å². The first kappa shape index (κ1) is 15.1. The highest BCUT2D eigenvalue weighted by molar-refractivity contribution is 6.01. The van der Waals surface area contributed by atoms with E-state index in [4.69, 9.17) is 15.2 Å². The minimum atomic E-state index is -0.205. The van der Waals surface area contributed by atoms with Crippen LogP contribution < -0.4 is 20.5 Å². The van der Waals surface area contributed by atoms with E-state index in [9.17, 15) is 4.79 Å². The molecule has 0 aliphatic rings. The quantitative estimate of drug-likeness (QED) is 0.774. The van der Waals surface area contributed by atoms with Crippen LogP contribution in [0.5, 0.6) is 11.5 Å². The molecule has 1 aromatic carbocycles. The van der Waals surface area contributed by atoms with Gasteiger partial charge in [0, 0.05) is 12.1 Å². The molecule has 0 bridgehead atoms. The van der Waals surface area contributed by atoms with Gasteiger partial charge in [-0.15, -0.1) is 0 Å². The van der Waals surface area contributed by atoms with Crippen molar-refractivity contribution in [2.24, 2.45) is 0 Å². The van der Waals surface area contributed by atoms with Gasteiger partial charge in [-0.3, -0.25) is 4.79 Å². The number of nitrogen functional groups attached to an aromatic ring is 1. The number of nitrogens with two attached hydrogens (primary N) is 1. The van der Waals surface area contributed by atoms with Gasteiger partial charge in [0.15, 0.2) is 0 Å². The predicted octanol–water partition coefficient (Wildman–Crippen LogP) is 2.20. The van der Waals surface area contributed by atoms with E-state index in [1.165, 1.54) is 14.2 Å². The molecule has 0 spiro atoms. The largest absolute Gasteiger partial charge is 0.497 e. The molecule has 0 fully saturated rings. The summed E-state index contributed by atoms with van der Waals surface area (Å²) in [6.45, 7) is 4.06. The maximum absolute atomic E-state index is 12.2. The molecule has 5 heteroatoms. The lowest BCUT2D eigenvalue weighted by Gasteiger charge is -2.17. The molecule has 0 aliphatic heterocycles. The second kappa shape index (κ2) is 6.87. The van der Waals surface area contributed by atoms with Crippen LogP contribution in [-0.4, -0.2) is 26.2 Å². The van der Waals surface area contributed by atoms with E-state index in [2.05, 4.69) is 5.32 Å². The Bertz CT molecular complexity index is 443. The number of nitrogens with one attached hydrogen (secondary N) is 1. The number of hydrogen-bond donors (Lipinski definition) is 2. The standard InChI is InChI=1S/C14H22N2O3/c1-5-9(6-2)16-14(17)11-7-10(18-3)8-12(19-4)13(11)15/h7-9H,5-6,15H2,1-4H3,(H,16,17). The fourth-order valence-electron chi connectivity index (χ4n) is 1.83. The molecule has 5 nitrogen and oxygen atoms in total. The summed E-state index contributed by atoms with van der Waals surface area (Å²) >= 11 is 0. The monoisotopic (exact) mass is 266 g/mol. The Labute approximate surface area is 114 Å². The first-order valence-corrected chi connectivity index (χ1v) is 6.39. The van der Waals surface area contributed by atoms with Gasteiger partial charge in [0.2, 0.25) is 0 Å². The van der Waals surface area contributed by atoms with Crippen LogP contribution in [0.3, 0.4) is 0 Å². The Morgan fingerprint density at radius 2 is 1.89 bits per heavy atom. The molecule has 0 aliphatic carbocycles. The number of benzene rings is 1. The minimum Gasteiger partial charge on any atom is -0.497 e. The van der Waals surface area contributed by atoms with Crippen LogP contribution in [0.25, 0.3) is 0 Å². The lowest BCUT2D eigenvalue weighted by Crippen LogP contribution is -2.34. The van der Waals surface area contributed by atoms with Crippen LogP contribution in [0.4, 0.5) is 5.69 Å². The third kappa shape index (κ3) is 3.53. The molecular weight excluding hydrogens is 244 g/mol. The van der Waals surface area contributed by atoms with Crippen molar-refractivity contribution in [2.75, 3.05) is 20.0 Å².